The summed E-state index contributed by atoms with van der Waals surface area (Å²) in [5, 5.41) is 72.1. The molecule has 11 atom stereocenters. The molecule has 14 nitrogen and oxygen atoms in total. The molecular weight excluding hydrogens is 849 g/mol. The molecule has 2 aliphatic heterocycles. The van der Waals surface area contributed by atoms with Gasteiger partial charge in [0.1, 0.15) is 54.9 Å². The largest absolute Gasteiger partial charge is 0.457 e. The predicted octanol–water partition coefficient (Wildman–Crippen LogP) is 8.24. The molecule has 2 heterocycles. The summed E-state index contributed by atoms with van der Waals surface area (Å²) in [6.45, 7) is 3.69. The van der Waals surface area contributed by atoms with Gasteiger partial charge in [-0.1, -0.05) is 180 Å². The van der Waals surface area contributed by atoms with Crippen molar-refractivity contribution < 1.29 is 69.0 Å². The Labute approximate surface area is 399 Å². The van der Waals surface area contributed by atoms with Gasteiger partial charge < -0.3 is 64.2 Å². The molecule has 0 aromatic carbocycles. The summed E-state index contributed by atoms with van der Waals surface area (Å²) in [5.74, 6) is -0.382. The zero-order valence-corrected chi connectivity index (χ0v) is 41.4. The van der Waals surface area contributed by atoms with Crippen LogP contribution in [0.2, 0.25) is 0 Å². The van der Waals surface area contributed by atoms with Gasteiger partial charge in [-0.15, -0.1) is 0 Å². The Morgan fingerprint density at radius 1 is 0.485 bits per heavy atom. The van der Waals surface area contributed by atoms with Crippen LogP contribution in [0, 0.1) is 0 Å². The Bertz CT molecular complexity index is 1140. The number of allylic oxidation sites excluding steroid dienone is 2. The quantitative estimate of drug-likeness (QED) is 0.0174. The number of hydrogen-bond acceptors (Lipinski definition) is 14. The van der Waals surface area contributed by atoms with Crippen LogP contribution in [0.15, 0.2) is 12.2 Å². The Balaban J connectivity index is 1.72. The molecule has 2 saturated heterocycles. The highest BCUT2D eigenvalue weighted by molar-refractivity contribution is 5.69. The highest BCUT2D eigenvalue weighted by atomic mass is 16.7. The maximum atomic E-state index is 13.0. The van der Waals surface area contributed by atoms with Crippen molar-refractivity contribution in [1.29, 1.82) is 0 Å². The number of carbonyl (C=O) groups is 1. The molecule has 7 N–H and O–H groups in total. The van der Waals surface area contributed by atoms with Gasteiger partial charge in [-0.2, -0.15) is 0 Å². The Kier molecular flexibility index (Phi) is 37.3. The average Bonchev–Trinajstić information content (AvgIpc) is 3.31. The van der Waals surface area contributed by atoms with Crippen LogP contribution in [0.25, 0.3) is 0 Å². The molecule has 2 fully saturated rings. The molecule has 0 aromatic rings. The molecule has 0 spiro atoms. The lowest BCUT2D eigenvalue weighted by atomic mass is 9.98. The standard InChI is InChI=1S/C52H98O14/c1-3-5-7-9-11-13-15-17-18-19-20-21-22-23-24-26-28-30-32-34-36-61-38-41(64-44(54)35-33-31-29-27-25-16-14-12-10-8-6-4-2)39-62-51-50(60)48(58)46(56)43(66-51)40-63-52-49(59)47(57)45(55)42(37-53)65-52/h12,14,41-43,45-53,55-60H,3-11,13,15-40H2,1-2H3/b14-12-. The number of aliphatic hydroxyl groups is 7. The van der Waals surface area contributed by atoms with Crippen LogP contribution in [0.4, 0.5) is 0 Å². The van der Waals surface area contributed by atoms with Gasteiger partial charge in [-0.05, 0) is 38.5 Å². The Hall–Kier alpha value is -1.27. The van der Waals surface area contributed by atoms with E-state index in [0.29, 0.717) is 13.0 Å². The zero-order valence-electron chi connectivity index (χ0n) is 41.4. The molecule has 0 bridgehead atoms. The molecule has 0 amide bonds. The van der Waals surface area contributed by atoms with E-state index < -0.39 is 80.7 Å². The number of rotatable bonds is 43. The summed E-state index contributed by atoms with van der Waals surface area (Å²) in [5.41, 5.74) is 0. The van der Waals surface area contributed by atoms with E-state index in [-0.39, 0.29) is 25.6 Å². The molecule has 14 heteroatoms. The third-order valence-corrected chi connectivity index (χ3v) is 13.0. The summed E-state index contributed by atoms with van der Waals surface area (Å²) < 4.78 is 34.3. The average molecular weight is 947 g/mol. The highest BCUT2D eigenvalue weighted by Gasteiger charge is 2.47. The van der Waals surface area contributed by atoms with E-state index >= 15 is 0 Å². The van der Waals surface area contributed by atoms with E-state index in [2.05, 4.69) is 26.0 Å². The Morgan fingerprint density at radius 2 is 0.894 bits per heavy atom. The first-order valence-electron chi connectivity index (χ1n) is 26.8. The first-order chi connectivity index (χ1) is 32.1. The molecule has 0 saturated carbocycles. The van der Waals surface area contributed by atoms with Crippen LogP contribution >= 0.6 is 0 Å². The third-order valence-electron chi connectivity index (χ3n) is 13.0. The van der Waals surface area contributed by atoms with Gasteiger partial charge in [0, 0.05) is 13.0 Å². The van der Waals surface area contributed by atoms with Crippen LogP contribution < -0.4 is 0 Å². The monoisotopic (exact) mass is 947 g/mol. The number of aliphatic hydroxyl groups excluding tert-OH is 7. The van der Waals surface area contributed by atoms with Crippen molar-refractivity contribution in [3.05, 3.63) is 12.2 Å². The van der Waals surface area contributed by atoms with Crippen molar-refractivity contribution in [2.75, 3.05) is 33.0 Å². The third kappa shape index (κ3) is 27.8. The molecular formula is C52H98O14. The van der Waals surface area contributed by atoms with Crippen LogP contribution in [0.1, 0.15) is 213 Å². The maximum Gasteiger partial charge on any atom is 0.306 e. The minimum absolute atomic E-state index is 0.0640. The van der Waals surface area contributed by atoms with Gasteiger partial charge in [-0.3, -0.25) is 4.79 Å². The van der Waals surface area contributed by atoms with E-state index in [9.17, 15) is 40.5 Å². The minimum atomic E-state index is -1.70. The normalized spacial score (nSPS) is 26.3. The van der Waals surface area contributed by atoms with E-state index in [1.54, 1.807) is 0 Å². The van der Waals surface area contributed by atoms with Gasteiger partial charge in [0.25, 0.3) is 0 Å². The number of hydrogen-bond donors (Lipinski definition) is 7. The van der Waals surface area contributed by atoms with Crippen molar-refractivity contribution in [1.82, 2.24) is 0 Å². The topological polar surface area (TPSA) is 214 Å². The van der Waals surface area contributed by atoms with Crippen molar-refractivity contribution >= 4 is 5.97 Å². The van der Waals surface area contributed by atoms with Crippen LogP contribution in [-0.2, 0) is 33.2 Å². The van der Waals surface area contributed by atoms with Crippen LogP contribution in [0.3, 0.4) is 0 Å². The molecule has 0 aromatic heterocycles. The Morgan fingerprint density at radius 3 is 1.41 bits per heavy atom. The van der Waals surface area contributed by atoms with Gasteiger partial charge >= 0.3 is 5.97 Å². The number of unbranched alkanes of at least 4 members (excludes halogenated alkanes) is 27. The molecule has 66 heavy (non-hydrogen) atoms. The minimum Gasteiger partial charge on any atom is -0.457 e. The second-order valence-electron chi connectivity index (χ2n) is 19.1. The summed E-state index contributed by atoms with van der Waals surface area (Å²) >= 11 is 0. The summed E-state index contributed by atoms with van der Waals surface area (Å²) in [6.07, 6.45) is 25.7. The van der Waals surface area contributed by atoms with E-state index in [0.717, 1.165) is 57.8 Å². The lowest BCUT2D eigenvalue weighted by Crippen LogP contribution is -2.61. The molecule has 0 aliphatic carbocycles. The summed E-state index contributed by atoms with van der Waals surface area (Å²) in [4.78, 5) is 13.0. The van der Waals surface area contributed by atoms with E-state index in [1.807, 2.05) is 0 Å². The zero-order chi connectivity index (χ0) is 48.0. The fourth-order valence-electron chi connectivity index (χ4n) is 8.63. The second-order valence-corrected chi connectivity index (χ2v) is 19.1. The molecule has 0 radical (unpaired) electrons. The van der Waals surface area contributed by atoms with Crippen LogP contribution in [-0.4, -0.2) is 142 Å². The molecule has 390 valence electrons. The van der Waals surface area contributed by atoms with Crippen LogP contribution in [0.5, 0.6) is 0 Å². The first-order valence-corrected chi connectivity index (χ1v) is 26.8. The summed E-state index contributed by atoms with van der Waals surface area (Å²) in [7, 11) is 0. The number of ether oxygens (including phenoxy) is 6. The number of carbonyl (C=O) groups excluding carboxylic acids is 1. The predicted molar refractivity (Wildman–Crippen MR) is 257 cm³/mol. The van der Waals surface area contributed by atoms with Crippen molar-refractivity contribution in [3.8, 4) is 0 Å². The fourth-order valence-corrected chi connectivity index (χ4v) is 8.63. The molecule has 11 unspecified atom stereocenters. The van der Waals surface area contributed by atoms with Gasteiger partial charge in [0.15, 0.2) is 12.6 Å². The lowest BCUT2D eigenvalue weighted by molar-refractivity contribution is -0.332. The molecule has 2 aliphatic rings. The van der Waals surface area contributed by atoms with Crippen molar-refractivity contribution in [3.63, 3.8) is 0 Å². The first kappa shape index (κ1) is 60.9. The van der Waals surface area contributed by atoms with Gasteiger partial charge in [-0.25, -0.2) is 0 Å². The lowest BCUT2D eigenvalue weighted by Gasteiger charge is -2.42. The molecule has 2 rings (SSSR count). The summed E-state index contributed by atoms with van der Waals surface area (Å²) in [6, 6.07) is 0. The highest BCUT2D eigenvalue weighted by Crippen LogP contribution is 2.26. The smallest absolute Gasteiger partial charge is 0.306 e. The maximum absolute atomic E-state index is 13.0. The van der Waals surface area contributed by atoms with E-state index in [4.69, 9.17) is 28.4 Å². The van der Waals surface area contributed by atoms with E-state index in [1.165, 1.54) is 128 Å². The SMILES string of the molecule is CCCCC/C=C\CCCCCCCC(=O)OC(COCCCCCCCCCCCCCCCCCCCCCC)COC1OC(COC2OC(CO)C(O)C(O)C2O)C(O)C(O)C1O. The number of esters is 1. The van der Waals surface area contributed by atoms with Crippen molar-refractivity contribution in [2.45, 2.75) is 280 Å². The van der Waals surface area contributed by atoms with Crippen molar-refractivity contribution in [2.24, 2.45) is 0 Å². The fraction of sp³-hybridized carbons (Fsp3) is 0.942. The van der Waals surface area contributed by atoms with Gasteiger partial charge in [0.05, 0.1) is 26.4 Å². The second kappa shape index (κ2) is 40.5. The van der Waals surface area contributed by atoms with Gasteiger partial charge in [0.2, 0.25) is 0 Å².